The van der Waals surface area contributed by atoms with Gasteiger partial charge in [0, 0.05) is 29.9 Å². The van der Waals surface area contributed by atoms with Crippen molar-refractivity contribution in [1.82, 2.24) is 20.1 Å². The van der Waals surface area contributed by atoms with Crippen LogP contribution in [0.4, 0.5) is 0 Å². The summed E-state index contributed by atoms with van der Waals surface area (Å²) < 4.78 is 2.03. The third kappa shape index (κ3) is 3.72. The molecule has 0 aliphatic heterocycles. The van der Waals surface area contributed by atoms with Crippen LogP contribution in [0.5, 0.6) is 0 Å². The summed E-state index contributed by atoms with van der Waals surface area (Å²) in [6.45, 7) is 4.77. The highest BCUT2D eigenvalue weighted by atomic mass is 35.5. The van der Waals surface area contributed by atoms with Gasteiger partial charge in [0.05, 0.1) is 0 Å². The van der Waals surface area contributed by atoms with Crippen LogP contribution in [0, 0.1) is 5.92 Å². The average Bonchev–Trinajstić information content (AvgIpc) is 3.18. The van der Waals surface area contributed by atoms with Crippen LogP contribution in [0.15, 0.2) is 30.6 Å². The Hall–Kier alpha value is -1.88. The summed E-state index contributed by atoms with van der Waals surface area (Å²) in [6, 6.07) is 8.09. The minimum Gasteiger partial charge on any atom is -0.355 e. The number of carbonyl (C=O) groups excluding carboxylic acids is 1. The van der Waals surface area contributed by atoms with E-state index in [4.69, 9.17) is 11.6 Å². The van der Waals surface area contributed by atoms with Gasteiger partial charge in [0.25, 0.3) is 0 Å². The molecule has 0 unspecified atom stereocenters. The SMILES string of the molecule is CC(C)n1cnnc1CCNC(=O)[C@H]1C[C@@H]1c1ccc(Cl)cc1. The van der Waals surface area contributed by atoms with Crippen molar-refractivity contribution in [2.75, 3.05) is 6.54 Å². The highest BCUT2D eigenvalue weighted by Gasteiger charge is 2.43. The van der Waals surface area contributed by atoms with Gasteiger partial charge < -0.3 is 9.88 Å². The molecule has 0 radical (unpaired) electrons. The highest BCUT2D eigenvalue weighted by Crippen LogP contribution is 2.47. The molecule has 1 N–H and O–H groups in total. The zero-order valence-corrected chi connectivity index (χ0v) is 14.1. The van der Waals surface area contributed by atoms with E-state index in [1.807, 2.05) is 28.8 Å². The van der Waals surface area contributed by atoms with E-state index in [-0.39, 0.29) is 11.8 Å². The number of halogens is 1. The van der Waals surface area contributed by atoms with Crippen LogP contribution in [0.25, 0.3) is 0 Å². The molecule has 2 aromatic rings. The Morgan fingerprint density at radius 1 is 1.39 bits per heavy atom. The number of aromatic nitrogens is 3. The van der Waals surface area contributed by atoms with E-state index < -0.39 is 0 Å². The van der Waals surface area contributed by atoms with E-state index in [9.17, 15) is 4.79 Å². The van der Waals surface area contributed by atoms with Gasteiger partial charge in [-0.15, -0.1) is 10.2 Å². The van der Waals surface area contributed by atoms with Crippen molar-refractivity contribution in [2.45, 2.75) is 38.6 Å². The molecule has 1 heterocycles. The van der Waals surface area contributed by atoms with Gasteiger partial charge in [-0.25, -0.2) is 0 Å². The standard InChI is InChI=1S/C17H21ClN4O/c1-11(2)22-10-20-21-16(22)7-8-19-17(23)15-9-14(15)12-3-5-13(18)6-4-12/h3-6,10-11,14-15H,7-9H2,1-2H3,(H,19,23)/t14-,15+/m1/s1. The van der Waals surface area contributed by atoms with E-state index >= 15 is 0 Å². The quantitative estimate of drug-likeness (QED) is 0.884. The molecule has 5 nitrogen and oxygen atoms in total. The molecule has 2 atom stereocenters. The van der Waals surface area contributed by atoms with Crippen molar-refractivity contribution < 1.29 is 4.79 Å². The smallest absolute Gasteiger partial charge is 0.223 e. The maximum atomic E-state index is 12.2. The second kappa shape index (κ2) is 6.71. The lowest BCUT2D eigenvalue weighted by Gasteiger charge is -2.10. The first-order valence-electron chi connectivity index (χ1n) is 7.98. The van der Waals surface area contributed by atoms with Gasteiger partial charge in [-0.2, -0.15) is 0 Å². The first-order valence-corrected chi connectivity index (χ1v) is 8.35. The van der Waals surface area contributed by atoms with Crippen LogP contribution in [-0.2, 0) is 11.2 Å². The third-order valence-corrected chi connectivity index (χ3v) is 4.53. The topological polar surface area (TPSA) is 59.8 Å². The predicted octanol–water partition coefficient (Wildman–Crippen LogP) is 2.97. The zero-order valence-electron chi connectivity index (χ0n) is 13.4. The van der Waals surface area contributed by atoms with Gasteiger partial charge in [0.2, 0.25) is 5.91 Å². The molecule has 1 amide bonds. The van der Waals surface area contributed by atoms with Gasteiger partial charge >= 0.3 is 0 Å². The molecule has 1 aromatic carbocycles. The molecular formula is C17H21ClN4O. The van der Waals surface area contributed by atoms with Crippen molar-refractivity contribution in [1.29, 1.82) is 0 Å². The molecule has 122 valence electrons. The van der Waals surface area contributed by atoms with E-state index in [1.165, 1.54) is 5.56 Å². The molecule has 0 bridgehead atoms. The molecule has 6 heteroatoms. The molecule has 1 saturated carbocycles. The second-order valence-corrected chi connectivity index (χ2v) is 6.73. The first kappa shape index (κ1) is 16.0. The Balaban J connectivity index is 1.47. The first-order chi connectivity index (χ1) is 11.1. The fourth-order valence-electron chi connectivity index (χ4n) is 2.87. The number of hydrogen-bond acceptors (Lipinski definition) is 3. The summed E-state index contributed by atoms with van der Waals surface area (Å²) in [6.07, 6.45) is 3.34. The summed E-state index contributed by atoms with van der Waals surface area (Å²) >= 11 is 5.90. The molecular weight excluding hydrogens is 312 g/mol. The molecule has 1 fully saturated rings. The number of rotatable bonds is 6. The zero-order chi connectivity index (χ0) is 16.4. The van der Waals surface area contributed by atoms with Crippen molar-refractivity contribution in [2.24, 2.45) is 5.92 Å². The molecule has 23 heavy (non-hydrogen) atoms. The fraction of sp³-hybridized carbons (Fsp3) is 0.471. The van der Waals surface area contributed by atoms with Gasteiger partial charge in [-0.3, -0.25) is 4.79 Å². The highest BCUT2D eigenvalue weighted by molar-refractivity contribution is 6.30. The largest absolute Gasteiger partial charge is 0.355 e. The van der Waals surface area contributed by atoms with Gasteiger partial charge in [0.15, 0.2) is 0 Å². The van der Waals surface area contributed by atoms with Crippen LogP contribution >= 0.6 is 11.6 Å². The number of carbonyl (C=O) groups is 1. The summed E-state index contributed by atoms with van der Waals surface area (Å²) in [7, 11) is 0. The average molecular weight is 333 g/mol. The lowest BCUT2D eigenvalue weighted by molar-refractivity contribution is -0.122. The predicted molar refractivity (Wildman–Crippen MR) is 89.4 cm³/mol. The minimum atomic E-state index is 0.0825. The van der Waals surface area contributed by atoms with Crippen LogP contribution < -0.4 is 5.32 Å². The summed E-state index contributed by atoms with van der Waals surface area (Å²) in [5.41, 5.74) is 1.19. The Labute approximate surface area is 141 Å². The molecule has 0 spiro atoms. The summed E-state index contributed by atoms with van der Waals surface area (Å²) in [5, 5.41) is 11.8. The number of nitrogens with one attached hydrogen (secondary N) is 1. The van der Waals surface area contributed by atoms with E-state index in [0.717, 1.165) is 17.3 Å². The Morgan fingerprint density at radius 2 is 2.13 bits per heavy atom. The van der Waals surface area contributed by atoms with Crippen LogP contribution in [0.1, 0.15) is 43.6 Å². The van der Waals surface area contributed by atoms with Gasteiger partial charge in [-0.1, -0.05) is 23.7 Å². The monoisotopic (exact) mass is 332 g/mol. The molecule has 1 aromatic heterocycles. The molecule has 1 aliphatic rings. The molecule has 3 rings (SSSR count). The van der Waals surface area contributed by atoms with Crippen molar-refractivity contribution >= 4 is 17.5 Å². The second-order valence-electron chi connectivity index (χ2n) is 6.29. The Kier molecular flexibility index (Phi) is 4.66. The van der Waals surface area contributed by atoms with Gasteiger partial charge in [-0.05, 0) is 43.9 Å². The number of hydrogen-bond donors (Lipinski definition) is 1. The van der Waals surface area contributed by atoms with Gasteiger partial charge in [0.1, 0.15) is 12.2 Å². The van der Waals surface area contributed by atoms with Crippen LogP contribution in [0.2, 0.25) is 5.02 Å². The number of amides is 1. The Morgan fingerprint density at radius 3 is 2.83 bits per heavy atom. The van der Waals surface area contributed by atoms with E-state index in [2.05, 4.69) is 29.4 Å². The van der Waals surface area contributed by atoms with Crippen molar-refractivity contribution in [3.8, 4) is 0 Å². The summed E-state index contributed by atoms with van der Waals surface area (Å²) in [4.78, 5) is 12.2. The van der Waals surface area contributed by atoms with Crippen LogP contribution in [-0.4, -0.2) is 27.2 Å². The number of benzene rings is 1. The molecule has 0 saturated heterocycles. The number of nitrogens with zero attached hydrogens (tertiary/aromatic N) is 3. The lowest BCUT2D eigenvalue weighted by atomic mass is 10.1. The third-order valence-electron chi connectivity index (χ3n) is 4.28. The van der Waals surface area contributed by atoms with Crippen LogP contribution in [0.3, 0.4) is 0 Å². The van der Waals surface area contributed by atoms with E-state index in [0.29, 0.717) is 24.9 Å². The van der Waals surface area contributed by atoms with Crippen molar-refractivity contribution in [3.63, 3.8) is 0 Å². The maximum absolute atomic E-state index is 12.2. The Bertz CT molecular complexity index is 680. The van der Waals surface area contributed by atoms with E-state index in [1.54, 1.807) is 6.33 Å². The molecule has 1 aliphatic carbocycles. The minimum absolute atomic E-state index is 0.0825. The maximum Gasteiger partial charge on any atom is 0.223 e. The van der Waals surface area contributed by atoms with Crippen molar-refractivity contribution in [3.05, 3.63) is 47.0 Å². The fourth-order valence-corrected chi connectivity index (χ4v) is 2.99. The summed E-state index contributed by atoms with van der Waals surface area (Å²) in [5.74, 6) is 1.44. The normalized spacial score (nSPS) is 19.8. The lowest BCUT2D eigenvalue weighted by Crippen LogP contribution is -2.28.